The number of ether oxygens (including phenoxy) is 1. The molecule has 0 fully saturated rings. The number of esters is 1. The van der Waals surface area contributed by atoms with E-state index in [0.29, 0.717) is 19.4 Å². The Morgan fingerprint density at radius 1 is 1.47 bits per heavy atom. The summed E-state index contributed by atoms with van der Waals surface area (Å²) < 4.78 is 28.6. The van der Waals surface area contributed by atoms with Crippen LogP contribution in [0.25, 0.3) is 0 Å². The number of rotatable bonds is 8. The number of nitrogens with two attached hydrogens (primary N) is 1. The van der Waals surface area contributed by atoms with Crippen LogP contribution in [0.5, 0.6) is 0 Å². The van der Waals surface area contributed by atoms with Crippen molar-refractivity contribution in [2.45, 2.75) is 38.2 Å². The van der Waals surface area contributed by atoms with Crippen LogP contribution in [0.15, 0.2) is 0 Å². The minimum Gasteiger partial charge on any atom is -0.468 e. The number of hydrogen-bond donors (Lipinski definition) is 1. The normalized spacial score (nSPS) is 15.1. The van der Waals surface area contributed by atoms with Crippen molar-refractivity contribution in [3.63, 3.8) is 0 Å². The highest BCUT2D eigenvalue weighted by atomic mass is 19.3. The van der Waals surface area contributed by atoms with E-state index >= 15 is 0 Å². The Bertz CT molecular complexity index is 236. The molecule has 0 aromatic rings. The lowest BCUT2D eigenvalue weighted by Crippen LogP contribution is -2.45. The number of methoxy groups -OCH3 is 1. The highest BCUT2D eigenvalue weighted by Crippen LogP contribution is 2.12. The Hall–Kier alpha value is -0.750. The number of carbonyl (C=O) groups is 1. The third-order valence-electron chi connectivity index (χ3n) is 2.59. The van der Waals surface area contributed by atoms with Crippen LogP contribution in [0, 0.1) is 0 Å². The molecule has 4 nitrogen and oxygen atoms in total. The largest absolute Gasteiger partial charge is 0.468 e. The molecule has 0 aliphatic rings. The molecular formula is C11H22F2N2O2. The number of hydrogen-bond acceptors (Lipinski definition) is 4. The fraction of sp³-hybridized carbons (Fsp3) is 0.909. The minimum absolute atomic E-state index is 0.225. The molecule has 0 radical (unpaired) electrons. The molecule has 6 heteroatoms. The second-order valence-corrected chi connectivity index (χ2v) is 4.52. The Balaban J connectivity index is 3.74. The monoisotopic (exact) mass is 252 g/mol. The van der Waals surface area contributed by atoms with E-state index in [-0.39, 0.29) is 6.54 Å². The van der Waals surface area contributed by atoms with Crippen molar-refractivity contribution in [3.05, 3.63) is 0 Å². The summed E-state index contributed by atoms with van der Waals surface area (Å²) in [6.07, 6.45) is -0.389. The van der Waals surface area contributed by atoms with Gasteiger partial charge < -0.3 is 15.4 Å². The number of alkyl halides is 2. The Morgan fingerprint density at radius 3 is 2.53 bits per heavy atom. The summed E-state index contributed by atoms with van der Waals surface area (Å²) >= 11 is 0. The van der Waals surface area contributed by atoms with Gasteiger partial charge in [0, 0.05) is 0 Å². The summed E-state index contributed by atoms with van der Waals surface area (Å²) in [5, 5.41) is 0. The highest BCUT2D eigenvalue weighted by Gasteiger charge is 2.28. The zero-order chi connectivity index (χ0) is 13.5. The Morgan fingerprint density at radius 2 is 2.06 bits per heavy atom. The van der Waals surface area contributed by atoms with Crippen molar-refractivity contribution < 1.29 is 18.3 Å². The lowest BCUT2D eigenvalue weighted by atomic mass is 9.96. The summed E-state index contributed by atoms with van der Waals surface area (Å²) in [5.74, 6) is -0.446. The summed E-state index contributed by atoms with van der Waals surface area (Å²) in [6, 6.07) is 0. The van der Waals surface area contributed by atoms with E-state index in [1.807, 2.05) is 0 Å². The quantitative estimate of drug-likeness (QED) is 0.521. The number of halogens is 2. The fourth-order valence-electron chi connectivity index (χ4n) is 1.54. The first-order valence-corrected chi connectivity index (χ1v) is 5.63. The molecule has 0 rings (SSSR count). The first kappa shape index (κ1) is 16.2. The standard InChI is InChI=1S/C11H22F2N2O2/c1-11(14,10(16)17-3)6-4-5-7-15(2)8-9(12)13/h9H,4-8,14H2,1-3H3. The molecule has 0 amide bonds. The van der Waals surface area contributed by atoms with Crippen LogP contribution in [0.2, 0.25) is 0 Å². The summed E-state index contributed by atoms with van der Waals surface area (Å²) in [6.45, 7) is 1.96. The van der Waals surface area contributed by atoms with Crippen molar-refractivity contribution in [1.82, 2.24) is 4.90 Å². The number of unbranched alkanes of at least 4 members (excludes halogenated alkanes) is 1. The van der Waals surface area contributed by atoms with E-state index in [9.17, 15) is 13.6 Å². The van der Waals surface area contributed by atoms with Gasteiger partial charge in [-0.25, -0.2) is 8.78 Å². The van der Waals surface area contributed by atoms with Gasteiger partial charge in [-0.3, -0.25) is 4.79 Å². The van der Waals surface area contributed by atoms with Crippen molar-refractivity contribution in [2.24, 2.45) is 5.73 Å². The Kier molecular flexibility index (Phi) is 7.22. The zero-order valence-corrected chi connectivity index (χ0v) is 10.7. The molecular weight excluding hydrogens is 230 g/mol. The maximum absolute atomic E-state index is 12.0. The van der Waals surface area contributed by atoms with Crippen molar-refractivity contribution in [3.8, 4) is 0 Å². The Labute approximate surface area is 101 Å². The van der Waals surface area contributed by atoms with Gasteiger partial charge in [0.1, 0.15) is 5.54 Å². The third-order valence-corrected chi connectivity index (χ3v) is 2.59. The first-order valence-electron chi connectivity index (χ1n) is 5.63. The van der Waals surface area contributed by atoms with Gasteiger partial charge in [-0.15, -0.1) is 0 Å². The molecule has 2 N–H and O–H groups in total. The fourth-order valence-corrected chi connectivity index (χ4v) is 1.54. The van der Waals surface area contributed by atoms with Crippen molar-refractivity contribution in [1.29, 1.82) is 0 Å². The summed E-state index contributed by atoms with van der Waals surface area (Å²) in [4.78, 5) is 12.8. The SMILES string of the molecule is COC(=O)C(C)(N)CCCCN(C)CC(F)F. The van der Waals surface area contributed by atoms with Crippen molar-refractivity contribution in [2.75, 3.05) is 27.2 Å². The van der Waals surface area contributed by atoms with Gasteiger partial charge in [0.05, 0.1) is 13.7 Å². The average molecular weight is 252 g/mol. The molecule has 102 valence electrons. The second-order valence-electron chi connectivity index (χ2n) is 4.52. The summed E-state index contributed by atoms with van der Waals surface area (Å²) in [5.41, 5.74) is 4.77. The van der Waals surface area contributed by atoms with Gasteiger partial charge >= 0.3 is 5.97 Å². The van der Waals surface area contributed by atoms with E-state index in [1.165, 1.54) is 7.11 Å². The van der Waals surface area contributed by atoms with Crippen LogP contribution < -0.4 is 5.73 Å². The molecule has 0 aliphatic heterocycles. The molecule has 0 heterocycles. The van der Waals surface area contributed by atoms with E-state index < -0.39 is 17.9 Å². The predicted molar refractivity (Wildman–Crippen MR) is 62.0 cm³/mol. The molecule has 0 aromatic heterocycles. The minimum atomic E-state index is -2.31. The molecule has 17 heavy (non-hydrogen) atoms. The van der Waals surface area contributed by atoms with E-state index in [2.05, 4.69) is 4.74 Å². The van der Waals surface area contributed by atoms with Crippen LogP contribution in [0.1, 0.15) is 26.2 Å². The van der Waals surface area contributed by atoms with Crippen LogP contribution in [-0.2, 0) is 9.53 Å². The van der Waals surface area contributed by atoms with Gasteiger partial charge in [0.25, 0.3) is 6.43 Å². The van der Waals surface area contributed by atoms with E-state index in [1.54, 1.807) is 18.9 Å². The molecule has 0 spiro atoms. The molecule has 0 aliphatic carbocycles. The number of nitrogens with zero attached hydrogens (tertiary/aromatic N) is 1. The van der Waals surface area contributed by atoms with Gasteiger partial charge in [0.15, 0.2) is 0 Å². The lowest BCUT2D eigenvalue weighted by Gasteiger charge is -2.22. The number of carbonyl (C=O) groups excluding carboxylic acids is 1. The van der Waals surface area contributed by atoms with Crippen LogP contribution >= 0.6 is 0 Å². The van der Waals surface area contributed by atoms with Crippen molar-refractivity contribution >= 4 is 5.97 Å². The van der Waals surface area contributed by atoms with Gasteiger partial charge in [0.2, 0.25) is 0 Å². The third kappa shape index (κ3) is 7.23. The van der Waals surface area contributed by atoms with E-state index in [0.717, 1.165) is 6.42 Å². The lowest BCUT2D eigenvalue weighted by molar-refractivity contribution is -0.146. The molecule has 1 unspecified atom stereocenters. The van der Waals surface area contributed by atoms with Crippen LogP contribution in [-0.4, -0.2) is 50.1 Å². The van der Waals surface area contributed by atoms with Crippen LogP contribution in [0.3, 0.4) is 0 Å². The van der Waals surface area contributed by atoms with Crippen LogP contribution in [0.4, 0.5) is 8.78 Å². The smallest absolute Gasteiger partial charge is 0.325 e. The first-order chi connectivity index (χ1) is 7.79. The molecule has 0 bridgehead atoms. The molecule has 1 atom stereocenters. The van der Waals surface area contributed by atoms with Gasteiger partial charge in [-0.05, 0) is 39.8 Å². The molecule has 0 saturated heterocycles. The van der Waals surface area contributed by atoms with E-state index in [4.69, 9.17) is 5.73 Å². The molecule has 0 saturated carbocycles. The predicted octanol–water partition coefficient (Wildman–Crippen LogP) is 1.24. The maximum Gasteiger partial charge on any atom is 0.325 e. The highest BCUT2D eigenvalue weighted by molar-refractivity contribution is 5.79. The van der Waals surface area contributed by atoms with Gasteiger partial charge in [-0.2, -0.15) is 0 Å². The average Bonchev–Trinajstić information content (AvgIpc) is 2.22. The van der Waals surface area contributed by atoms with Gasteiger partial charge in [-0.1, -0.05) is 0 Å². The zero-order valence-electron chi connectivity index (χ0n) is 10.7. The summed E-state index contributed by atoms with van der Waals surface area (Å²) in [7, 11) is 2.94. The second kappa shape index (κ2) is 7.55. The molecule has 0 aromatic carbocycles. The topological polar surface area (TPSA) is 55.6 Å². The maximum atomic E-state index is 12.0.